The number of anilines is 1. The molecule has 0 aliphatic carbocycles. The molecule has 0 N–H and O–H groups in total. The Morgan fingerprint density at radius 2 is 2.09 bits per heavy atom. The van der Waals surface area contributed by atoms with Crippen LogP contribution in [0.25, 0.3) is 11.7 Å². The molecule has 23 heavy (non-hydrogen) atoms. The van der Waals surface area contributed by atoms with Gasteiger partial charge >= 0.3 is 0 Å². The first-order valence-corrected chi connectivity index (χ1v) is 8.41. The van der Waals surface area contributed by atoms with Crippen LogP contribution in [0.3, 0.4) is 0 Å². The average Bonchev–Trinajstić information content (AvgIpc) is 3.28. The molecule has 0 spiro atoms. The molecule has 0 bridgehead atoms. The van der Waals surface area contributed by atoms with Crippen molar-refractivity contribution in [2.45, 2.75) is 13.5 Å². The van der Waals surface area contributed by atoms with Crippen LogP contribution in [0, 0.1) is 6.92 Å². The average molecular weight is 331 g/mol. The summed E-state index contributed by atoms with van der Waals surface area (Å²) < 4.78 is 10.9. The van der Waals surface area contributed by atoms with E-state index in [0.29, 0.717) is 24.1 Å². The lowest BCUT2D eigenvalue weighted by Gasteiger charge is -2.33. The van der Waals surface area contributed by atoms with Crippen molar-refractivity contribution in [2.24, 2.45) is 0 Å². The van der Waals surface area contributed by atoms with Gasteiger partial charge in [0.25, 0.3) is 5.89 Å². The van der Waals surface area contributed by atoms with Gasteiger partial charge in [0.15, 0.2) is 10.9 Å². The van der Waals surface area contributed by atoms with Gasteiger partial charge in [0, 0.05) is 31.6 Å². The quantitative estimate of drug-likeness (QED) is 0.727. The van der Waals surface area contributed by atoms with Crippen molar-refractivity contribution in [3.63, 3.8) is 0 Å². The summed E-state index contributed by atoms with van der Waals surface area (Å²) in [6, 6.07) is 3.62. The highest BCUT2D eigenvalue weighted by Gasteiger charge is 2.21. The number of hydrogen-bond donors (Lipinski definition) is 0. The smallest absolute Gasteiger partial charge is 0.283 e. The third-order valence-corrected chi connectivity index (χ3v) is 4.83. The molecule has 0 atom stereocenters. The summed E-state index contributed by atoms with van der Waals surface area (Å²) in [6.07, 6.45) is 1.60. The Hall–Kier alpha value is -2.19. The summed E-state index contributed by atoms with van der Waals surface area (Å²) in [5.41, 5.74) is 1.09. The number of piperazine rings is 1. The van der Waals surface area contributed by atoms with Crippen LogP contribution in [-0.4, -0.2) is 46.3 Å². The zero-order chi connectivity index (χ0) is 15.6. The van der Waals surface area contributed by atoms with Gasteiger partial charge in [-0.15, -0.1) is 21.5 Å². The molecule has 3 aromatic rings. The molecule has 0 aromatic carbocycles. The molecule has 3 aromatic heterocycles. The second kappa shape index (κ2) is 6.13. The Bertz CT molecular complexity index is 759. The highest BCUT2D eigenvalue weighted by Crippen LogP contribution is 2.22. The molecular formula is C15H17N5O2S. The van der Waals surface area contributed by atoms with Gasteiger partial charge in [-0.3, -0.25) is 4.90 Å². The first-order valence-electron chi connectivity index (χ1n) is 7.53. The zero-order valence-corrected chi connectivity index (χ0v) is 13.6. The molecule has 0 unspecified atom stereocenters. The molecule has 4 heterocycles. The van der Waals surface area contributed by atoms with Crippen molar-refractivity contribution in [3.8, 4) is 11.7 Å². The number of hydrogen-bond acceptors (Lipinski definition) is 8. The summed E-state index contributed by atoms with van der Waals surface area (Å²) in [6.45, 7) is 6.54. The topological polar surface area (TPSA) is 71.4 Å². The van der Waals surface area contributed by atoms with Crippen LogP contribution in [0.5, 0.6) is 0 Å². The summed E-state index contributed by atoms with van der Waals surface area (Å²) >= 11 is 1.71. The Morgan fingerprint density at radius 3 is 2.78 bits per heavy atom. The minimum Gasteiger partial charge on any atom is -0.459 e. The standard InChI is InChI=1S/C15H17N5O2S/c1-11-10-23-15(16-11)20-6-4-19(5-7-20)9-13-17-18-14(22-13)12-3-2-8-21-12/h2-3,8,10H,4-7,9H2,1H3. The predicted octanol–water partition coefficient (Wildman–Crippen LogP) is 2.42. The van der Waals surface area contributed by atoms with Crippen molar-refractivity contribution in [1.29, 1.82) is 0 Å². The van der Waals surface area contributed by atoms with Gasteiger partial charge in [-0.25, -0.2) is 4.98 Å². The minimum absolute atomic E-state index is 0.432. The maximum Gasteiger partial charge on any atom is 0.283 e. The first kappa shape index (κ1) is 14.4. The number of furan rings is 1. The third-order valence-electron chi connectivity index (χ3n) is 3.81. The number of aryl methyl sites for hydroxylation is 1. The van der Waals surface area contributed by atoms with Crippen LogP contribution < -0.4 is 4.90 Å². The summed E-state index contributed by atoms with van der Waals surface area (Å²) in [5, 5.41) is 11.3. The third kappa shape index (κ3) is 3.13. The van der Waals surface area contributed by atoms with Gasteiger partial charge in [0.05, 0.1) is 18.5 Å². The van der Waals surface area contributed by atoms with Crippen molar-refractivity contribution in [1.82, 2.24) is 20.1 Å². The van der Waals surface area contributed by atoms with E-state index in [4.69, 9.17) is 8.83 Å². The largest absolute Gasteiger partial charge is 0.459 e. The fourth-order valence-corrected chi connectivity index (χ4v) is 3.45. The normalized spacial score (nSPS) is 16.1. The molecule has 1 aliphatic heterocycles. The predicted molar refractivity (Wildman–Crippen MR) is 86.3 cm³/mol. The lowest BCUT2D eigenvalue weighted by atomic mass is 10.3. The van der Waals surface area contributed by atoms with Gasteiger partial charge in [0.2, 0.25) is 5.89 Å². The molecule has 0 saturated carbocycles. The SMILES string of the molecule is Cc1csc(N2CCN(Cc3nnc(-c4ccco4)o3)CC2)n1. The molecule has 1 saturated heterocycles. The van der Waals surface area contributed by atoms with Crippen LogP contribution in [0.15, 0.2) is 32.6 Å². The Morgan fingerprint density at radius 1 is 1.22 bits per heavy atom. The van der Waals surface area contributed by atoms with E-state index < -0.39 is 0 Å². The van der Waals surface area contributed by atoms with Crippen molar-refractivity contribution in [3.05, 3.63) is 35.4 Å². The van der Waals surface area contributed by atoms with Crippen molar-refractivity contribution < 1.29 is 8.83 Å². The molecule has 7 nitrogen and oxygen atoms in total. The first-order chi connectivity index (χ1) is 11.3. The zero-order valence-electron chi connectivity index (χ0n) is 12.8. The second-order valence-electron chi connectivity index (χ2n) is 5.51. The van der Waals surface area contributed by atoms with Gasteiger partial charge < -0.3 is 13.7 Å². The maximum atomic E-state index is 5.66. The monoisotopic (exact) mass is 331 g/mol. The molecular weight excluding hydrogens is 314 g/mol. The van der Waals surface area contributed by atoms with E-state index in [-0.39, 0.29) is 0 Å². The highest BCUT2D eigenvalue weighted by atomic mass is 32.1. The maximum absolute atomic E-state index is 5.66. The molecule has 0 radical (unpaired) electrons. The van der Waals surface area contributed by atoms with Crippen LogP contribution in [0.2, 0.25) is 0 Å². The molecule has 4 rings (SSSR count). The van der Waals surface area contributed by atoms with Gasteiger partial charge in [0.1, 0.15) is 0 Å². The lowest BCUT2D eigenvalue weighted by Crippen LogP contribution is -2.46. The molecule has 1 aliphatic rings. The van der Waals surface area contributed by atoms with Crippen LogP contribution in [0.4, 0.5) is 5.13 Å². The molecule has 1 fully saturated rings. The fourth-order valence-electron chi connectivity index (χ4n) is 2.59. The van der Waals surface area contributed by atoms with Crippen molar-refractivity contribution >= 4 is 16.5 Å². The Kier molecular flexibility index (Phi) is 3.84. The fraction of sp³-hybridized carbons (Fsp3) is 0.400. The highest BCUT2D eigenvalue weighted by molar-refractivity contribution is 7.13. The molecule has 8 heteroatoms. The number of aromatic nitrogens is 3. The number of thiazole rings is 1. The van der Waals surface area contributed by atoms with Crippen LogP contribution in [-0.2, 0) is 6.54 Å². The van der Waals surface area contributed by atoms with Crippen molar-refractivity contribution in [2.75, 3.05) is 31.1 Å². The Balaban J connectivity index is 1.34. The van der Waals surface area contributed by atoms with E-state index in [9.17, 15) is 0 Å². The van der Waals surface area contributed by atoms with Crippen LogP contribution in [0.1, 0.15) is 11.6 Å². The lowest BCUT2D eigenvalue weighted by molar-refractivity contribution is 0.226. The summed E-state index contributed by atoms with van der Waals surface area (Å²) in [4.78, 5) is 9.20. The van der Waals surface area contributed by atoms with E-state index >= 15 is 0 Å². The van der Waals surface area contributed by atoms with E-state index in [2.05, 4.69) is 30.4 Å². The number of rotatable bonds is 4. The number of nitrogens with zero attached hydrogens (tertiary/aromatic N) is 5. The molecule has 120 valence electrons. The van der Waals surface area contributed by atoms with Crippen LogP contribution >= 0.6 is 11.3 Å². The van der Waals surface area contributed by atoms with E-state index in [1.54, 1.807) is 23.7 Å². The van der Waals surface area contributed by atoms with Gasteiger partial charge in [-0.1, -0.05) is 0 Å². The second-order valence-corrected chi connectivity index (χ2v) is 6.35. The van der Waals surface area contributed by atoms with E-state index in [0.717, 1.165) is 37.0 Å². The molecule has 0 amide bonds. The van der Waals surface area contributed by atoms with Gasteiger partial charge in [-0.2, -0.15) is 0 Å². The van der Waals surface area contributed by atoms with E-state index in [1.807, 2.05) is 13.0 Å². The minimum atomic E-state index is 0.432. The Labute approximate surface area is 137 Å². The summed E-state index contributed by atoms with van der Waals surface area (Å²) in [7, 11) is 0. The van der Waals surface area contributed by atoms with E-state index in [1.165, 1.54) is 0 Å². The van der Waals surface area contributed by atoms with Gasteiger partial charge in [-0.05, 0) is 19.1 Å². The summed E-state index contributed by atoms with van der Waals surface area (Å²) in [5.74, 6) is 1.66.